The van der Waals surface area contributed by atoms with Crippen molar-refractivity contribution >= 4 is 21.6 Å². The first-order valence-corrected chi connectivity index (χ1v) is 9.20. The Hall–Kier alpha value is 0.260. The molecule has 0 bridgehead atoms. The van der Waals surface area contributed by atoms with E-state index >= 15 is 0 Å². The lowest BCUT2D eigenvalue weighted by atomic mass is 10.2. The number of sulfone groups is 1. The first kappa shape index (κ1) is 16.3. The van der Waals surface area contributed by atoms with E-state index in [9.17, 15) is 8.42 Å². The molecule has 0 aromatic rings. The van der Waals surface area contributed by atoms with Crippen molar-refractivity contribution in [1.82, 2.24) is 5.32 Å². The normalized spacial score (nSPS) is 13.9. The van der Waals surface area contributed by atoms with Gasteiger partial charge >= 0.3 is 0 Å². The van der Waals surface area contributed by atoms with Crippen LogP contribution in [0.4, 0.5) is 0 Å². The Bertz CT molecular complexity index is 253. The summed E-state index contributed by atoms with van der Waals surface area (Å²) in [5.74, 6) is 2.47. The monoisotopic (exact) mass is 267 g/mol. The summed E-state index contributed by atoms with van der Waals surface area (Å²) in [5.41, 5.74) is 0. The number of hydrogen-bond donors (Lipinski definition) is 1. The number of thioether (sulfide) groups is 1. The molecule has 0 aromatic heterocycles. The second kappa shape index (κ2) is 9.31. The largest absolute Gasteiger partial charge is 0.313 e. The molecule has 0 aliphatic carbocycles. The molecule has 0 heterocycles. The zero-order valence-corrected chi connectivity index (χ0v) is 12.3. The van der Waals surface area contributed by atoms with Gasteiger partial charge in [-0.2, -0.15) is 11.8 Å². The van der Waals surface area contributed by atoms with Crippen molar-refractivity contribution in [2.45, 2.75) is 39.2 Å². The molecule has 0 aliphatic rings. The standard InChI is InChI=1S/C11H25NO2S2/c1-4-7-12-11(10-15-8-5-2)6-9-16(3,13)14/h11-12H,4-10H2,1-3H3. The minimum absolute atomic E-state index is 0.293. The molecule has 16 heavy (non-hydrogen) atoms. The highest BCUT2D eigenvalue weighted by atomic mass is 32.2. The van der Waals surface area contributed by atoms with Crippen LogP contribution in [0.1, 0.15) is 33.1 Å². The van der Waals surface area contributed by atoms with Gasteiger partial charge in [-0.05, 0) is 31.6 Å². The van der Waals surface area contributed by atoms with Crippen LogP contribution in [-0.2, 0) is 9.84 Å². The molecule has 0 saturated heterocycles. The fraction of sp³-hybridized carbons (Fsp3) is 1.00. The second-order valence-electron chi connectivity index (χ2n) is 4.14. The van der Waals surface area contributed by atoms with E-state index in [1.165, 1.54) is 12.7 Å². The smallest absolute Gasteiger partial charge is 0.147 e. The maximum Gasteiger partial charge on any atom is 0.147 e. The van der Waals surface area contributed by atoms with Crippen molar-refractivity contribution in [1.29, 1.82) is 0 Å². The van der Waals surface area contributed by atoms with Crippen LogP contribution in [0.3, 0.4) is 0 Å². The molecule has 0 radical (unpaired) electrons. The summed E-state index contributed by atoms with van der Waals surface area (Å²) in [6.07, 6.45) is 4.31. The van der Waals surface area contributed by atoms with Crippen molar-refractivity contribution in [3.63, 3.8) is 0 Å². The van der Waals surface area contributed by atoms with E-state index < -0.39 is 9.84 Å². The number of rotatable bonds is 10. The van der Waals surface area contributed by atoms with Crippen molar-refractivity contribution in [2.75, 3.05) is 30.1 Å². The van der Waals surface area contributed by atoms with Gasteiger partial charge in [0.1, 0.15) is 9.84 Å². The summed E-state index contributed by atoms with van der Waals surface area (Å²) < 4.78 is 22.2. The van der Waals surface area contributed by atoms with Gasteiger partial charge in [0, 0.05) is 18.1 Å². The Morgan fingerprint density at radius 2 is 1.94 bits per heavy atom. The van der Waals surface area contributed by atoms with Crippen LogP contribution in [0, 0.1) is 0 Å². The lowest BCUT2D eigenvalue weighted by molar-refractivity contribution is 0.532. The van der Waals surface area contributed by atoms with E-state index in [-0.39, 0.29) is 0 Å². The van der Waals surface area contributed by atoms with Crippen molar-refractivity contribution in [2.24, 2.45) is 0 Å². The predicted octanol–water partition coefficient (Wildman–Crippen LogP) is 1.93. The van der Waals surface area contributed by atoms with E-state index in [1.807, 2.05) is 11.8 Å². The van der Waals surface area contributed by atoms with Crippen molar-refractivity contribution in [3.05, 3.63) is 0 Å². The highest BCUT2D eigenvalue weighted by Gasteiger charge is 2.11. The average molecular weight is 267 g/mol. The predicted molar refractivity (Wildman–Crippen MR) is 74.0 cm³/mol. The van der Waals surface area contributed by atoms with Gasteiger partial charge in [0.05, 0.1) is 5.75 Å². The summed E-state index contributed by atoms with van der Waals surface area (Å²) in [4.78, 5) is 0. The summed E-state index contributed by atoms with van der Waals surface area (Å²) in [6.45, 7) is 5.26. The van der Waals surface area contributed by atoms with Gasteiger partial charge < -0.3 is 5.32 Å². The van der Waals surface area contributed by atoms with E-state index in [1.54, 1.807) is 0 Å². The molecule has 0 aromatic carbocycles. The Morgan fingerprint density at radius 3 is 2.44 bits per heavy atom. The van der Waals surface area contributed by atoms with Gasteiger partial charge in [-0.25, -0.2) is 8.42 Å². The molecule has 0 aliphatic heterocycles. The molecular formula is C11H25NO2S2. The summed E-state index contributed by atoms with van der Waals surface area (Å²) in [7, 11) is -2.82. The second-order valence-corrected chi connectivity index (χ2v) is 7.55. The summed E-state index contributed by atoms with van der Waals surface area (Å²) >= 11 is 1.91. The molecule has 1 atom stereocenters. The van der Waals surface area contributed by atoms with E-state index in [2.05, 4.69) is 19.2 Å². The fourth-order valence-corrected chi connectivity index (χ4v) is 3.06. The molecule has 98 valence electrons. The van der Waals surface area contributed by atoms with Crippen LogP contribution in [0.5, 0.6) is 0 Å². The van der Waals surface area contributed by atoms with Crippen LogP contribution in [-0.4, -0.2) is 44.5 Å². The molecule has 0 rings (SSSR count). The highest BCUT2D eigenvalue weighted by Crippen LogP contribution is 2.08. The maximum atomic E-state index is 11.1. The van der Waals surface area contributed by atoms with Gasteiger partial charge in [0.2, 0.25) is 0 Å². The molecule has 0 spiro atoms. The molecule has 1 unspecified atom stereocenters. The average Bonchev–Trinajstić information content (AvgIpc) is 2.20. The van der Waals surface area contributed by atoms with Gasteiger partial charge in [0.15, 0.2) is 0 Å². The molecule has 0 amide bonds. The molecule has 0 fully saturated rings. The zero-order chi connectivity index (χ0) is 12.4. The molecule has 3 nitrogen and oxygen atoms in total. The third-order valence-corrected chi connectivity index (χ3v) is 4.50. The Kier molecular flexibility index (Phi) is 9.46. The van der Waals surface area contributed by atoms with E-state index in [0.717, 1.165) is 30.9 Å². The Balaban J connectivity index is 3.89. The maximum absolute atomic E-state index is 11.1. The summed E-state index contributed by atoms with van der Waals surface area (Å²) in [6, 6.07) is 0.339. The fourth-order valence-electron chi connectivity index (χ4n) is 1.32. The van der Waals surface area contributed by atoms with E-state index in [4.69, 9.17) is 0 Å². The SMILES string of the molecule is CCCNC(CCS(C)(=O)=O)CSCCC. The Morgan fingerprint density at radius 1 is 1.25 bits per heavy atom. The van der Waals surface area contributed by atoms with Crippen LogP contribution in [0.25, 0.3) is 0 Å². The quantitative estimate of drug-likeness (QED) is 0.614. The van der Waals surface area contributed by atoms with Crippen LogP contribution < -0.4 is 5.32 Å². The molecule has 5 heteroatoms. The minimum Gasteiger partial charge on any atom is -0.313 e. The van der Waals surface area contributed by atoms with Crippen LogP contribution in [0.15, 0.2) is 0 Å². The minimum atomic E-state index is -2.82. The summed E-state index contributed by atoms with van der Waals surface area (Å²) in [5, 5.41) is 3.42. The van der Waals surface area contributed by atoms with Crippen LogP contribution in [0.2, 0.25) is 0 Å². The van der Waals surface area contributed by atoms with Gasteiger partial charge in [-0.3, -0.25) is 0 Å². The first-order valence-electron chi connectivity index (χ1n) is 5.98. The van der Waals surface area contributed by atoms with Crippen molar-refractivity contribution in [3.8, 4) is 0 Å². The van der Waals surface area contributed by atoms with Crippen molar-refractivity contribution < 1.29 is 8.42 Å². The zero-order valence-electron chi connectivity index (χ0n) is 10.7. The molecule has 1 N–H and O–H groups in total. The third-order valence-electron chi connectivity index (χ3n) is 2.19. The van der Waals surface area contributed by atoms with Gasteiger partial charge in [0.25, 0.3) is 0 Å². The molecule has 0 saturated carbocycles. The topological polar surface area (TPSA) is 46.2 Å². The Labute approximate surface area is 105 Å². The first-order chi connectivity index (χ1) is 7.49. The number of hydrogen-bond acceptors (Lipinski definition) is 4. The van der Waals surface area contributed by atoms with Crippen LogP contribution >= 0.6 is 11.8 Å². The molecular weight excluding hydrogens is 242 g/mol. The number of nitrogens with one attached hydrogen (secondary N) is 1. The lowest BCUT2D eigenvalue weighted by Crippen LogP contribution is -2.33. The highest BCUT2D eigenvalue weighted by molar-refractivity contribution is 7.99. The third kappa shape index (κ3) is 10.8. The van der Waals surface area contributed by atoms with Gasteiger partial charge in [-0.1, -0.05) is 13.8 Å². The van der Waals surface area contributed by atoms with Gasteiger partial charge in [-0.15, -0.1) is 0 Å². The van der Waals surface area contributed by atoms with E-state index in [0.29, 0.717) is 11.8 Å². The lowest BCUT2D eigenvalue weighted by Gasteiger charge is -2.17.